The first-order valence-corrected chi connectivity index (χ1v) is 6.20. The largest absolute Gasteiger partial charge is 0.486 e. The lowest BCUT2D eigenvalue weighted by molar-refractivity contribution is 0.0517. The predicted molar refractivity (Wildman–Crippen MR) is 69.3 cm³/mol. The molecule has 2 aromatic rings. The van der Waals surface area contributed by atoms with E-state index in [4.69, 9.17) is 14.2 Å². The number of H-pyrrole nitrogens is 1. The minimum Gasteiger partial charge on any atom is -0.486 e. The lowest BCUT2D eigenvalue weighted by Gasteiger charge is -2.18. The van der Waals surface area contributed by atoms with Crippen LogP contribution in [0.2, 0.25) is 0 Å². The molecule has 0 unspecified atom stereocenters. The van der Waals surface area contributed by atoms with E-state index in [9.17, 15) is 9.59 Å². The van der Waals surface area contributed by atoms with Gasteiger partial charge in [0.25, 0.3) is 5.56 Å². The number of ether oxygens (including phenoxy) is 3. The molecule has 20 heavy (non-hydrogen) atoms. The van der Waals surface area contributed by atoms with Gasteiger partial charge in [0.2, 0.25) is 5.69 Å². The van der Waals surface area contributed by atoms with Gasteiger partial charge < -0.3 is 19.2 Å². The molecule has 0 spiro atoms. The van der Waals surface area contributed by atoms with Crippen molar-refractivity contribution in [2.75, 3.05) is 19.8 Å². The number of rotatable bonds is 2. The molecule has 0 bridgehead atoms. The van der Waals surface area contributed by atoms with Gasteiger partial charge in [-0.3, -0.25) is 4.79 Å². The number of hydrogen-bond acceptors (Lipinski definition) is 6. The van der Waals surface area contributed by atoms with Crippen molar-refractivity contribution >= 4 is 17.0 Å². The van der Waals surface area contributed by atoms with Crippen molar-refractivity contribution < 1.29 is 19.0 Å². The molecule has 104 valence electrons. The molecule has 1 aromatic carbocycles. The Morgan fingerprint density at radius 3 is 2.75 bits per heavy atom. The number of hydrogen-bond donors (Lipinski definition) is 1. The van der Waals surface area contributed by atoms with E-state index in [1.807, 2.05) is 0 Å². The van der Waals surface area contributed by atoms with Crippen LogP contribution in [0.15, 0.2) is 16.9 Å². The number of carbonyl (C=O) groups excluding carboxylic acids is 1. The van der Waals surface area contributed by atoms with Crippen molar-refractivity contribution in [3.05, 3.63) is 28.2 Å². The fourth-order valence-electron chi connectivity index (χ4n) is 1.96. The number of nitrogens with one attached hydrogen (secondary N) is 1. The maximum Gasteiger partial charge on any atom is 0.362 e. The first-order valence-electron chi connectivity index (χ1n) is 6.20. The van der Waals surface area contributed by atoms with Gasteiger partial charge in [-0.2, -0.15) is 0 Å². The Kier molecular flexibility index (Phi) is 3.02. The van der Waals surface area contributed by atoms with E-state index in [0.29, 0.717) is 35.7 Å². The molecule has 0 fully saturated rings. The van der Waals surface area contributed by atoms with Crippen molar-refractivity contribution in [2.24, 2.45) is 0 Å². The SMILES string of the molecule is CCOC(=O)c1nc2cc3c(cc2[nH]c1=O)OCCO3. The van der Waals surface area contributed by atoms with Gasteiger partial charge in [0.05, 0.1) is 17.6 Å². The number of aromatic amines is 1. The highest BCUT2D eigenvalue weighted by molar-refractivity contribution is 5.90. The van der Waals surface area contributed by atoms with Crippen LogP contribution in [0.4, 0.5) is 0 Å². The van der Waals surface area contributed by atoms with E-state index in [-0.39, 0.29) is 12.3 Å². The van der Waals surface area contributed by atoms with E-state index >= 15 is 0 Å². The highest BCUT2D eigenvalue weighted by Gasteiger charge is 2.18. The minimum atomic E-state index is -0.745. The first-order chi connectivity index (χ1) is 9.69. The smallest absolute Gasteiger partial charge is 0.362 e. The van der Waals surface area contributed by atoms with Gasteiger partial charge >= 0.3 is 5.97 Å². The number of aromatic nitrogens is 2. The molecule has 0 atom stereocenters. The number of nitrogens with zero attached hydrogens (tertiary/aromatic N) is 1. The van der Waals surface area contributed by atoms with E-state index in [1.165, 1.54) is 0 Å². The molecular weight excluding hydrogens is 264 g/mol. The molecule has 0 saturated carbocycles. The molecule has 7 heteroatoms. The van der Waals surface area contributed by atoms with Gasteiger partial charge in [0, 0.05) is 12.1 Å². The summed E-state index contributed by atoms with van der Waals surface area (Å²) in [5.74, 6) is 0.341. The molecule has 2 heterocycles. The van der Waals surface area contributed by atoms with Crippen LogP contribution in [0.5, 0.6) is 11.5 Å². The average Bonchev–Trinajstić information content (AvgIpc) is 2.44. The summed E-state index contributed by atoms with van der Waals surface area (Å²) in [6.45, 7) is 2.75. The molecule has 1 N–H and O–H groups in total. The van der Waals surface area contributed by atoms with Crippen molar-refractivity contribution in [1.29, 1.82) is 0 Å². The van der Waals surface area contributed by atoms with Crippen molar-refractivity contribution in [3.63, 3.8) is 0 Å². The summed E-state index contributed by atoms with van der Waals surface area (Å²) in [4.78, 5) is 30.1. The fourth-order valence-corrected chi connectivity index (χ4v) is 1.96. The molecule has 0 amide bonds. The number of fused-ring (bicyclic) bond motifs is 2. The zero-order valence-corrected chi connectivity index (χ0v) is 10.8. The van der Waals surface area contributed by atoms with Crippen molar-refractivity contribution in [3.8, 4) is 11.5 Å². The lowest BCUT2D eigenvalue weighted by atomic mass is 10.2. The second kappa shape index (κ2) is 4.84. The maximum atomic E-state index is 11.8. The van der Waals surface area contributed by atoms with Crippen LogP contribution in [0.1, 0.15) is 17.4 Å². The van der Waals surface area contributed by atoms with Crippen LogP contribution in [-0.4, -0.2) is 35.8 Å². The van der Waals surface area contributed by atoms with Crippen molar-refractivity contribution in [2.45, 2.75) is 6.92 Å². The van der Waals surface area contributed by atoms with Crippen LogP contribution >= 0.6 is 0 Å². The molecule has 3 rings (SSSR count). The van der Waals surface area contributed by atoms with E-state index < -0.39 is 11.5 Å². The summed E-state index contributed by atoms with van der Waals surface area (Å²) in [5, 5.41) is 0. The van der Waals surface area contributed by atoms with Gasteiger partial charge in [-0.05, 0) is 6.92 Å². The van der Waals surface area contributed by atoms with Crippen LogP contribution in [-0.2, 0) is 4.74 Å². The third-order valence-electron chi connectivity index (χ3n) is 2.82. The highest BCUT2D eigenvalue weighted by Crippen LogP contribution is 2.32. The molecule has 1 aliphatic heterocycles. The van der Waals surface area contributed by atoms with E-state index in [2.05, 4.69) is 9.97 Å². The van der Waals surface area contributed by atoms with Crippen molar-refractivity contribution in [1.82, 2.24) is 9.97 Å². The summed E-state index contributed by atoms with van der Waals surface area (Å²) in [6.07, 6.45) is 0. The molecule has 1 aliphatic rings. The third-order valence-corrected chi connectivity index (χ3v) is 2.82. The van der Waals surface area contributed by atoms with Gasteiger partial charge in [-0.25, -0.2) is 9.78 Å². The fraction of sp³-hybridized carbons (Fsp3) is 0.308. The zero-order valence-electron chi connectivity index (χ0n) is 10.8. The number of esters is 1. The maximum absolute atomic E-state index is 11.8. The standard InChI is InChI=1S/C13H12N2O5/c1-2-18-13(17)11-12(16)15-8-6-10-9(5-7(8)14-11)19-3-4-20-10/h5-6H,2-4H2,1H3,(H,15,16). The average molecular weight is 276 g/mol. The van der Waals surface area contributed by atoms with E-state index in [1.54, 1.807) is 19.1 Å². The lowest BCUT2D eigenvalue weighted by Crippen LogP contribution is -2.22. The summed E-state index contributed by atoms with van der Waals surface area (Å²) >= 11 is 0. The number of benzene rings is 1. The second-order valence-electron chi connectivity index (χ2n) is 4.15. The van der Waals surface area contributed by atoms with Gasteiger partial charge in [0.15, 0.2) is 11.5 Å². The Hall–Kier alpha value is -2.57. The minimum absolute atomic E-state index is 0.180. The van der Waals surface area contributed by atoms with Gasteiger partial charge in [-0.15, -0.1) is 0 Å². The Labute approximate surface area is 113 Å². The molecule has 7 nitrogen and oxygen atoms in total. The monoisotopic (exact) mass is 276 g/mol. The normalized spacial score (nSPS) is 13.2. The van der Waals surface area contributed by atoms with Crippen LogP contribution in [0.3, 0.4) is 0 Å². The van der Waals surface area contributed by atoms with Crippen LogP contribution in [0, 0.1) is 0 Å². The van der Waals surface area contributed by atoms with Crippen LogP contribution < -0.4 is 15.0 Å². The summed E-state index contributed by atoms with van der Waals surface area (Å²) in [6, 6.07) is 3.26. The Morgan fingerprint density at radius 2 is 2.05 bits per heavy atom. The zero-order chi connectivity index (χ0) is 14.1. The number of carbonyl (C=O) groups is 1. The topological polar surface area (TPSA) is 90.5 Å². The Morgan fingerprint density at radius 1 is 1.35 bits per heavy atom. The predicted octanol–water partition coefficient (Wildman–Crippen LogP) is 0.871. The van der Waals surface area contributed by atoms with Gasteiger partial charge in [-0.1, -0.05) is 0 Å². The summed E-state index contributed by atoms with van der Waals surface area (Å²) in [5.41, 5.74) is 0.0628. The Balaban J connectivity index is 2.14. The van der Waals surface area contributed by atoms with Gasteiger partial charge in [0.1, 0.15) is 13.2 Å². The third kappa shape index (κ3) is 2.07. The quantitative estimate of drug-likeness (QED) is 0.818. The summed E-state index contributed by atoms with van der Waals surface area (Å²) < 4.78 is 15.7. The Bertz CT molecular complexity index is 737. The molecular formula is C13H12N2O5. The second-order valence-corrected chi connectivity index (χ2v) is 4.15. The molecule has 1 aromatic heterocycles. The molecule has 0 saturated heterocycles. The van der Waals surface area contributed by atoms with Crippen LogP contribution in [0.25, 0.3) is 11.0 Å². The van der Waals surface area contributed by atoms with E-state index in [0.717, 1.165) is 0 Å². The highest BCUT2D eigenvalue weighted by atomic mass is 16.6. The molecule has 0 radical (unpaired) electrons. The first kappa shape index (κ1) is 12.5. The summed E-state index contributed by atoms with van der Waals surface area (Å²) in [7, 11) is 0. The molecule has 0 aliphatic carbocycles.